The van der Waals surface area contributed by atoms with Gasteiger partial charge in [-0.3, -0.25) is 0 Å². The highest BCUT2D eigenvalue weighted by molar-refractivity contribution is 7.11. The molecule has 0 atom stereocenters. The maximum atomic E-state index is 5.16. The lowest BCUT2D eigenvalue weighted by Crippen LogP contribution is -2.12. The Morgan fingerprint density at radius 1 is 1.47 bits per heavy atom. The number of thiazole rings is 1. The first-order valence-electron chi connectivity index (χ1n) is 5.37. The zero-order chi connectivity index (χ0) is 11.3. The summed E-state index contributed by atoms with van der Waals surface area (Å²) >= 11 is 1.79. The van der Waals surface area contributed by atoms with Crippen molar-refractivity contribution in [1.29, 1.82) is 0 Å². The predicted molar refractivity (Wildman–Crippen MR) is 64.3 cm³/mol. The average molecular weight is 228 g/mol. The second-order valence-corrected chi connectivity index (χ2v) is 4.91. The second kappa shape index (κ2) is 6.20. The van der Waals surface area contributed by atoms with Crippen LogP contribution in [0.25, 0.3) is 0 Å². The topological polar surface area (TPSA) is 34.2 Å². The molecule has 0 bridgehead atoms. The SMILES string of the molecule is CCNCc1sc(C(C)C)nc1COC. The Hall–Kier alpha value is -0.450. The number of hydrogen-bond acceptors (Lipinski definition) is 4. The summed E-state index contributed by atoms with van der Waals surface area (Å²) in [6.07, 6.45) is 0. The molecule has 0 aliphatic rings. The maximum absolute atomic E-state index is 5.16. The summed E-state index contributed by atoms with van der Waals surface area (Å²) in [5.41, 5.74) is 1.09. The lowest BCUT2D eigenvalue weighted by atomic mass is 10.2. The number of nitrogens with one attached hydrogen (secondary N) is 1. The molecule has 1 heterocycles. The smallest absolute Gasteiger partial charge is 0.0958 e. The van der Waals surface area contributed by atoms with Gasteiger partial charge in [0.1, 0.15) is 0 Å². The number of ether oxygens (including phenoxy) is 1. The molecule has 4 heteroatoms. The summed E-state index contributed by atoms with van der Waals surface area (Å²) in [6.45, 7) is 8.96. The highest BCUT2D eigenvalue weighted by Crippen LogP contribution is 2.25. The van der Waals surface area contributed by atoms with Crippen LogP contribution in [0.3, 0.4) is 0 Å². The van der Waals surface area contributed by atoms with Crippen LogP contribution in [0.15, 0.2) is 0 Å². The first kappa shape index (κ1) is 12.6. The summed E-state index contributed by atoms with van der Waals surface area (Å²) < 4.78 is 5.16. The van der Waals surface area contributed by atoms with Crippen LogP contribution < -0.4 is 5.32 Å². The molecule has 0 saturated carbocycles. The van der Waals surface area contributed by atoms with Crippen molar-refractivity contribution >= 4 is 11.3 Å². The molecule has 86 valence electrons. The molecule has 0 aliphatic carbocycles. The van der Waals surface area contributed by atoms with Crippen molar-refractivity contribution in [2.45, 2.75) is 39.8 Å². The summed E-state index contributed by atoms with van der Waals surface area (Å²) in [5.74, 6) is 0.501. The number of hydrogen-bond donors (Lipinski definition) is 1. The quantitative estimate of drug-likeness (QED) is 0.812. The number of aromatic nitrogens is 1. The molecule has 0 spiro atoms. The van der Waals surface area contributed by atoms with Crippen molar-refractivity contribution in [3.05, 3.63) is 15.6 Å². The highest BCUT2D eigenvalue weighted by atomic mass is 32.1. The van der Waals surface area contributed by atoms with Gasteiger partial charge in [-0.1, -0.05) is 20.8 Å². The molecule has 1 aromatic heterocycles. The maximum Gasteiger partial charge on any atom is 0.0958 e. The molecule has 0 aliphatic heterocycles. The third-order valence-corrected chi connectivity index (χ3v) is 3.50. The summed E-state index contributed by atoms with van der Waals surface area (Å²) in [7, 11) is 1.71. The molecule has 0 radical (unpaired) electrons. The van der Waals surface area contributed by atoms with Crippen molar-refractivity contribution in [3.8, 4) is 0 Å². The Kier molecular flexibility index (Phi) is 5.22. The van der Waals surface area contributed by atoms with Gasteiger partial charge in [0.05, 0.1) is 17.3 Å². The van der Waals surface area contributed by atoms with Crippen molar-refractivity contribution in [1.82, 2.24) is 10.3 Å². The zero-order valence-corrected chi connectivity index (χ0v) is 10.8. The minimum absolute atomic E-state index is 0.501. The molecular weight excluding hydrogens is 208 g/mol. The van der Waals surface area contributed by atoms with Crippen LogP contribution in [-0.4, -0.2) is 18.6 Å². The molecule has 0 aromatic carbocycles. The Bertz CT molecular complexity index is 297. The third kappa shape index (κ3) is 3.55. The largest absolute Gasteiger partial charge is 0.378 e. The predicted octanol–water partition coefficient (Wildman–Crippen LogP) is 2.52. The molecule has 0 unspecified atom stereocenters. The van der Waals surface area contributed by atoms with E-state index in [4.69, 9.17) is 4.74 Å². The van der Waals surface area contributed by atoms with E-state index in [0.717, 1.165) is 18.8 Å². The Labute approximate surface area is 95.9 Å². The first-order chi connectivity index (χ1) is 7.19. The molecule has 15 heavy (non-hydrogen) atoms. The normalized spacial score (nSPS) is 11.3. The lowest BCUT2D eigenvalue weighted by Gasteiger charge is -2.00. The van der Waals surface area contributed by atoms with Gasteiger partial charge in [-0.2, -0.15) is 0 Å². The van der Waals surface area contributed by atoms with Gasteiger partial charge in [-0.15, -0.1) is 11.3 Å². The van der Waals surface area contributed by atoms with Gasteiger partial charge in [0.25, 0.3) is 0 Å². The molecule has 0 saturated heterocycles. The minimum Gasteiger partial charge on any atom is -0.378 e. The fourth-order valence-electron chi connectivity index (χ4n) is 1.28. The lowest BCUT2D eigenvalue weighted by molar-refractivity contribution is 0.181. The Morgan fingerprint density at radius 2 is 2.20 bits per heavy atom. The van der Waals surface area contributed by atoms with Crippen LogP contribution in [0, 0.1) is 0 Å². The van der Waals surface area contributed by atoms with Crippen molar-refractivity contribution in [2.75, 3.05) is 13.7 Å². The van der Waals surface area contributed by atoms with Crippen molar-refractivity contribution < 1.29 is 4.74 Å². The molecular formula is C11H20N2OS. The first-order valence-corrected chi connectivity index (χ1v) is 6.18. The van der Waals surface area contributed by atoms with E-state index in [2.05, 4.69) is 31.1 Å². The fraction of sp³-hybridized carbons (Fsp3) is 0.727. The van der Waals surface area contributed by atoms with Crippen LogP contribution in [0.2, 0.25) is 0 Å². The van der Waals surface area contributed by atoms with Gasteiger partial charge in [0.2, 0.25) is 0 Å². The second-order valence-electron chi connectivity index (χ2n) is 3.79. The van der Waals surface area contributed by atoms with Crippen LogP contribution in [0.1, 0.15) is 42.3 Å². The Morgan fingerprint density at radius 3 is 2.73 bits per heavy atom. The highest BCUT2D eigenvalue weighted by Gasteiger charge is 2.12. The van der Waals surface area contributed by atoms with Gasteiger partial charge < -0.3 is 10.1 Å². The van der Waals surface area contributed by atoms with Crippen molar-refractivity contribution in [2.24, 2.45) is 0 Å². The fourth-order valence-corrected chi connectivity index (χ4v) is 2.32. The summed E-state index contributed by atoms with van der Waals surface area (Å²) in [4.78, 5) is 5.91. The molecule has 1 aromatic rings. The number of methoxy groups -OCH3 is 1. The average Bonchev–Trinajstić information content (AvgIpc) is 2.59. The van der Waals surface area contributed by atoms with Crippen LogP contribution >= 0.6 is 11.3 Å². The minimum atomic E-state index is 0.501. The molecule has 1 rings (SSSR count). The van der Waals surface area contributed by atoms with Crippen LogP contribution in [0.4, 0.5) is 0 Å². The van der Waals surface area contributed by atoms with E-state index in [9.17, 15) is 0 Å². The Balaban J connectivity index is 2.79. The van der Waals surface area contributed by atoms with E-state index in [-0.39, 0.29) is 0 Å². The van der Waals surface area contributed by atoms with E-state index in [1.807, 2.05) is 0 Å². The number of rotatable bonds is 6. The van der Waals surface area contributed by atoms with Gasteiger partial charge in [-0.05, 0) is 6.54 Å². The van der Waals surface area contributed by atoms with E-state index < -0.39 is 0 Å². The van der Waals surface area contributed by atoms with Gasteiger partial charge >= 0.3 is 0 Å². The monoisotopic (exact) mass is 228 g/mol. The van der Waals surface area contributed by atoms with Crippen molar-refractivity contribution in [3.63, 3.8) is 0 Å². The van der Waals surface area contributed by atoms with E-state index in [1.165, 1.54) is 9.88 Å². The molecule has 1 N–H and O–H groups in total. The number of nitrogens with zero attached hydrogens (tertiary/aromatic N) is 1. The van der Waals surface area contributed by atoms with Gasteiger partial charge in [0.15, 0.2) is 0 Å². The molecule has 0 fully saturated rings. The van der Waals surface area contributed by atoms with Crippen LogP contribution in [-0.2, 0) is 17.9 Å². The van der Waals surface area contributed by atoms with E-state index >= 15 is 0 Å². The summed E-state index contributed by atoms with van der Waals surface area (Å²) in [5, 5.41) is 4.53. The third-order valence-electron chi connectivity index (χ3n) is 2.11. The zero-order valence-electron chi connectivity index (χ0n) is 9.96. The van der Waals surface area contributed by atoms with Gasteiger partial charge in [-0.25, -0.2) is 4.98 Å². The van der Waals surface area contributed by atoms with E-state index in [0.29, 0.717) is 12.5 Å². The van der Waals surface area contributed by atoms with E-state index in [1.54, 1.807) is 18.4 Å². The molecule has 3 nitrogen and oxygen atoms in total. The summed E-state index contributed by atoms with van der Waals surface area (Å²) in [6, 6.07) is 0. The standard InChI is InChI=1S/C11H20N2OS/c1-5-12-6-10-9(7-14-4)13-11(15-10)8(2)3/h8,12H,5-7H2,1-4H3. The van der Waals surface area contributed by atoms with Gasteiger partial charge in [0, 0.05) is 24.4 Å². The van der Waals surface area contributed by atoms with Crippen LogP contribution in [0.5, 0.6) is 0 Å². The molecule has 0 amide bonds.